The molecule has 0 fully saturated rings. The van der Waals surface area contributed by atoms with E-state index < -0.39 is 17.9 Å². The molecule has 4 aromatic rings. The third kappa shape index (κ3) is 4.86. The Hall–Kier alpha value is -4.57. The summed E-state index contributed by atoms with van der Waals surface area (Å²) in [5.41, 5.74) is 3.74. The summed E-state index contributed by atoms with van der Waals surface area (Å²) in [7, 11) is 1.55. The standard InChI is InChI=1S/C26H20N2O5/c1-27-20-9-7-18(8-10-20)17-5-3-16(4-6-17)13-22(26(30)31)28-25(29)24-15-19-14-21(32-2)11-12-23(19)33-24/h3-12,14-15,22H,13H2,2H3,(H,28,29)(H,30,31)/t22-/m0/s1. The molecule has 0 bridgehead atoms. The number of aliphatic carboxylic acids is 1. The minimum absolute atomic E-state index is 0.0303. The van der Waals surface area contributed by atoms with Crippen LogP contribution < -0.4 is 10.1 Å². The lowest BCUT2D eigenvalue weighted by Crippen LogP contribution is -2.42. The van der Waals surface area contributed by atoms with Crippen LogP contribution in [-0.4, -0.2) is 30.1 Å². The van der Waals surface area contributed by atoms with E-state index in [2.05, 4.69) is 10.2 Å². The van der Waals surface area contributed by atoms with E-state index in [4.69, 9.17) is 15.7 Å². The molecule has 0 spiro atoms. The number of furan rings is 1. The van der Waals surface area contributed by atoms with Crippen molar-refractivity contribution >= 4 is 28.5 Å². The molecule has 1 heterocycles. The summed E-state index contributed by atoms with van der Waals surface area (Å²) in [5.74, 6) is -1.08. The van der Waals surface area contributed by atoms with Crippen LogP contribution in [0.5, 0.6) is 5.75 Å². The molecule has 1 amide bonds. The van der Waals surface area contributed by atoms with Gasteiger partial charge in [0.15, 0.2) is 11.4 Å². The van der Waals surface area contributed by atoms with E-state index in [0.717, 1.165) is 16.7 Å². The summed E-state index contributed by atoms with van der Waals surface area (Å²) in [5, 5.41) is 12.9. The number of ether oxygens (including phenoxy) is 1. The average Bonchev–Trinajstić information content (AvgIpc) is 3.27. The molecule has 0 aliphatic rings. The summed E-state index contributed by atoms with van der Waals surface area (Å²) < 4.78 is 10.7. The number of methoxy groups -OCH3 is 1. The van der Waals surface area contributed by atoms with Gasteiger partial charge in [0.05, 0.1) is 13.7 Å². The number of amides is 1. The molecular formula is C26H20N2O5. The van der Waals surface area contributed by atoms with Crippen LogP contribution in [0.3, 0.4) is 0 Å². The lowest BCUT2D eigenvalue weighted by molar-refractivity contribution is -0.139. The van der Waals surface area contributed by atoms with Crippen LogP contribution in [0.1, 0.15) is 16.1 Å². The number of hydrogen-bond donors (Lipinski definition) is 2. The fourth-order valence-electron chi connectivity index (χ4n) is 3.49. The molecule has 33 heavy (non-hydrogen) atoms. The molecule has 164 valence electrons. The van der Waals surface area contributed by atoms with E-state index >= 15 is 0 Å². The zero-order chi connectivity index (χ0) is 23.4. The molecule has 7 heteroatoms. The summed E-state index contributed by atoms with van der Waals surface area (Å²) in [4.78, 5) is 27.8. The van der Waals surface area contributed by atoms with Crippen molar-refractivity contribution in [3.63, 3.8) is 0 Å². The Morgan fingerprint density at radius 3 is 2.30 bits per heavy atom. The summed E-state index contributed by atoms with van der Waals surface area (Å²) in [6.45, 7) is 7.03. The Balaban J connectivity index is 1.47. The van der Waals surface area contributed by atoms with Crippen molar-refractivity contribution in [3.05, 3.63) is 95.5 Å². The van der Waals surface area contributed by atoms with Crippen molar-refractivity contribution in [2.24, 2.45) is 0 Å². The summed E-state index contributed by atoms with van der Waals surface area (Å²) in [6, 6.07) is 20.2. The van der Waals surface area contributed by atoms with Crippen molar-refractivity contribution < 1.29 is 23.8 Å². The highest BCUT2D eigenvalue weighted by atomic mass is 16.5. The maximum absolute atomic E-state index is 12.6. The molecule has 2 N–H and O–H groups in total. The molecule has 0 saturated heterocycles. The largest absolute Gasteiger partial charge is 0.497 e. The number of nitrogens with zero attached hydrogens (tertiary/aromatic N) is 1. The fourth-order valence-corrected chi connectivity index (χ4v) is 3.49. The van der Waals surface area contributed by atoms with Gasteiger partial charge in [-0.05, 0) is 41.0 Å². The highest BCUT2D eigenvalue weighted by Gasteiger charge is 2.23. The van der Waals surface area contributed by atoms with E-state index in [1.165, 1.54) is 0 Å². The molecule has 0 saturated carbocycles. The van der Waals surface area contributed by atoms with Crippen molar-refractivity contribution in [1.29, 1.82) is 0 Å². The van der Waals surface area contributed by atoms with Gasteiger partial charge in [0.25, 0.3) is 5.91 Å². The van der Waals surface area contributed by atoms with Crippen molar-refractivity contribution in [2.75, 3.05) is 7.11 Å². The second kappa shape index (κ2) is 9.28. The van der Waals surface area contributed by atoms with Gasteiger partial charge in [0, 0.05) is 11.8 Å². The highest BCUT2D eigenvalue weighted by Crippen LogP contribution is 2.25. The van der Waals surface area contributed by atoms with Crippen molar-refractivity contribution in [3.8, 4) is 16.9 Å². The number of carboxylic acids is 1. The molecule has 7 nitrogen and oxygen atoms in total. The summed E-state index contributed by atoms with van der Waals surface area (Å²) >= 11 is 0. The van der Waals surface area contributed by atoms with E-state index in [1.54, 1.807) is 43.5 Å². The number of carboxylic acid groups (broad SMARTS) is 1. The lowest BCUT2D eigenvalue weighted by atomic mass is 10.0. The molecule has 4 rings (SSSR count). The minimum Gasteiger partial charge on any atom is -0.497 e. The number of nitrogens with one attached hydrogen (secondary N) is 1. The zero-order valence-corrected chi connectivity index (χ0v) is 17.7. The first-order chi connectivity index (χ1) is 16.0. The van der Waals surface area contributed by atoms with Gasteiger partial charge < -0.3 is 19.6 Å². The second-order valence-corrected chi connectivity index (χ2v) is 7.44. The van der Waals surface area contributed by atoms with Crippen molar-refractivity contribution in [2.45, 2.75) is 12.5 Å². The molecule has 1 atom stereocenters. The van der Waals surface area contributed by atoms with Crippen LogP contribution in [0.15, 0.2) is 77.2 Å². The Morgan fingerprint density at radius 1 is 1.03 bits per heavy atom. The molecular weight excluding hydrogens is 420 g/mol. The van der Waals surface area contributed by atoms with E-state index in [1.807, 2.05) is 36.4 Å². The maximum atomic E-state index is 12.6. The van der Waals surface area contributed by atoms with Gasteiger partial charge in [-0.1, -0.05) is 48.5 Å². The van der Waals surface area contributed by atoms with Gasteiger partial charge in [-0.3, -0.25) is 4.79 Å². The predicted molar refractivity (Wildman–Crippen MR) is 124 cm³/mol. The van der Waals surface area contributed by atoms with Gasteiger partial charge in [-0.2, -0.15) is 0 Å². The van der Waals surface area contributed by atoms with Crippen LogP contribution in [-0.2, 0) is 11.2 Å². The first-order valence-corrected chi connectivity index (χ1v) is 10.1. The SMILES string of the molecule is [C-]#[N+]c1ccc(-c2ccc(C[C@H](NC(=O)c3cc4cc(OC)ccc4o3)C(=O)O)cc2)cc1. The number of hydrogen-bond acceptors (Lipinski definition) is 4. The predicted octanol–water partition coefficient (Wildman–Crippen LogP) is 5.08. The molecule has 1 aromatic heterocycles. The van der Waals surface area contributed by atoms with E-state index in [9.17, 15) is 14.7 Å². The topological polar surface area (TPSA) is 93.1 Å². The van der Waals surface area contributed by atoms with Gasteiger partial charge >= 0.3 is 5.97 Å². The fraction of sp³-hybridized carbons (Fsp3) is 0.115. The van der Waals surface area contributed by atoms with Crippen LogP contribution in [0, 0.1) is 6.57 Å². The number of carbonyl (C=O) groups is 2. The average molecular weight is 440 g/mol. The van der Waals surface area contributed by atoms with Crippen LogP contribution in [0.2, 0.25) is 0 Å². The van der Waals surface area contributed by atoms with E-state index in [-0.39, 0.29) is 12.2 Å². The van der Waals surface area contributed by atoms with Crippen molar-refractivity contribution in [1.82, 2.24) is 5.32 Å². The maximum Gasteiger partial charge on any atom is 0.326 e. The smallest absolute Gasteiger partial charge is 0.326 e. The Morgan fingerprint density at radius 2 is 1.70 bits per heavy atom. The number of carbonyl (C=O) groups excluding carboxylic acids is 1. The number of rotatable bonds is 7. The molecule has 0 aliphatic heterocycles. The Labute approximate surface area is 190 Å². The monoisotopic (exact) mass is 440 g/mol. The summed E-state index contributed by atoms with van der Waals surface area (Å²) in [6.07, 6.45) is 0.117. The van der Waals surface area contributed by atoms with Crippen LogP contribution >= 0.6 is 0 Å². The second-order valence-electron chi connectivity index (χ2n) is 7.44. The van der Waals surface area contributed by atoms with E-state index in [0.29, 0.717) is 22.4 Å². The molecule has 0 aliphatic carbocycles. The first-order valence-electron chi connectivity index (χ1n) is 10.1. The van der Waals surface area contributed by atoms with Gasteiger partial charge in [0.1, 0.15) is 17.4 Å². The minimum atomic E-state index is -1.14. The quantitative estimate of drug-likeness (QED) is 0.391. The molecule has 0 radical (unpaired) electrons. The third-order valence-corrected chi connectivity index (χ3v) is 5.27. The Bertz CT molecular complexity index is 1350. The van der Waals surface area contributed by atoms with Crippen LogP contribution in [0.4, 0.5) is 5.69 Å². The van der Waals surface area contributed by atoms with Gasteiger partial charge in [-0.25, -0.2) is 9.64 Å². The van der Waals surface area contributed by atoms with Gasteiger partial charge in [-0.15, -0.1) is 0 Å². The lowest BCUT2D eigenvalue weighted by Gasteiger charge is -2.14. The number of fused-ring (bicyclic) bond motifs is 1. The number of benzene rings is 3. The molecule has 0 unspecified atom stereocenters. The Kier molecular flexibility index (Phi) is 6.09. The third-order valence-electron chi connectivity index (χ3n) is 5.27. The first kappa shape index (κ1) is 21.7. The van der Waals surface area contributed by atoms with Crippen LogP contribution in [0.25, 0.3) is 26.9 Å². The zero-order valence-electron chi connectivity index (χ0n) is 17.7. The normalized spacial score (nSPS) is 11.5. The molecule has 3 aromatic carbocycles. The van der Waals surface area contributed by atoms with Gasteiger partial charge in [0.2, 0.25) is 0 Å². The highest BCUT2D eigenvalue weighted by molar-refractivity contribution is 5.98.